The van der Waals surface area contributed by atoms with Gasteiger partial charge in [0.15, 0.2) is 9.93 Å². The molecular formula is C16H11ClF3N3O3S2. The monoisotopic (exact) mass is 449 g/mol. The van der Waals surface area contributed by atoms with Crippen LogP contribution in [0.1, 0.15) is 5.56 Å². The fourth-order valence-electron chi connectivity index (χ4n) is 1.87. The lowest BCUT2D eigenvalue weighted by Crippen LogP contribution is -2.09. The molecule has 2 rings (SSSR count). The molecule has 0 fully saturated rings. The van der Waals surface area contributed by atoms with Crippen molar-refractivity contribution in [3.63, 3.8) is 0 Å². The Labute approximate surface area is 164 Å². The number of allylic oxidation sites excluding steroid dienone is 1. The van der Waals surface area contributed by atoms with Gasteiger partial charge in [-0.25, -0.2) is 22.0 Å². The summed E-state index contributed by atoms with van der Waals surface area (Å²) in [6.45, 7) is 0. The van der Waals surface area contributed by atoms with E-state index in [1.807, 2.05) is 0 Å². The van der Waals surface area contributed by atoms with Gasteiger partial charge in [0.2, 0.25) is 9.84 Å². The maximum atomic E-state index is 12.6. The quantitative estimate of drug-likeness (QED) is 0.655. The summed E-state index contributed by atoms with van der Waals surface area (Å²) in [6.07, 6.45) is -2.52. The zero-order valence-electron chi connectivity index (χ0n) is 14.0. The van der Waals surface area contributed by atoms with E-state index in [1.165, 1.54) is 36.6 Å². The fourth-order valence-corrected chi connectivity index (χ4v) is 4.11. The Bertz CT molecular complexity index is 1170. The number of halogens is 4. The first-order chi connectivity index (χ1) is 12.9. The number of aromatic nitrogens is 1. The third kappa shape index (κ3) is 4.89. The second kappa shape index (κ2) is 7.90. The Morgan fingerprint density at radius 1 is 1.18 bits per heavy atom. The van der Waals surface area contributed by atoms with E-state index in [0.717, 1.165) is 0 Å². The highest BCUT2D eigenvalue weighted by molar-refractivity contribution is 7.95. The van der Waals surface area contributed by atoms with Crippen LogP contribution in [0.4, 0.5) is 13.2 Å². The van der Waals surface area contributed by atoms with Crippen molar-refractivity contribution in [3.05, 3.63) is 64.3 Å². The van der Waals surface area contributed by atoms with Crippen molar-refractivity contribution < 1.29 is 25.8 Å². The van der Waals surface area contributed by atoms with Crippen LogP contribution >= 0.6 is 11.6 Å². The number of pyridine rings is 1. The van der Waals surface area contributed by atoms with E-state index in [4.69, 9.17) is 16.9 Å². The third-order valence-electron chi connectivity index (χ3n) is 3.36. The van der Waals surface area contributed by atoms with Crippen LogP contribution in [0.25, 0.3) is 0 Å². The molecule has 12 heteroatoms. The average molecular weight is 450 g/mol. The van der Waals surface area contributed by atoms with Crippen LogP contribution in [0, 0.1) is 11.3 Å². The van der Waals surface area contributed by atoms with E-state index >= 15 is 0 Å². The SMILES string of the molecule is CS(=O)(=N/C=C(\C#N)S(=O)(=O)c1ccc(C(F)(F)F)cn1)c1ccc(Cl)cc1. The van der Waals surface area contributed by atoms with Crippen LogP contribution in [-0.2, 0) is 25.7 Å². The molecule has 0 saturated heterocycles. The fraction of sp³-hybridized carbons (Fsp3) is 0.125. The van der Waals surface area contributed by atoms with E-state index in [1.54, 1.807) is 0 Å². The zero-order valence-corrected chi connectivity index (χ0v) is 16.4. The highest BCUT2D eigenvalue weighted by Crippen LogP contribution is 2.29. The van der Waals surface area contributed by atoms with E-state index in [-0.39, 0.29) is 4.90 Å². The molecule has 0 spiro atoms. The van der Waals surface area contributed by atoms with Gasteiger partial charge in [-0.2, -0.15) is 18.4 Å². The average Bonchev–Trinajstić information content (AvgIpc) is 2.61. The number of benzene rings is 1. The summed E-state index contributed by atoms with van der Waals surface area (Å²) in [7, 11) is -7.64. The topological polar surface area (TPSA) is 100 Å². The van der Waals surface area contributed by atoms with Gasteiger partial charge in [0, 0.05) is 22.4 Å². The molecule has 0 saturated carbocycles. The van der Waals surface area contributed by atoms with Crippen molar-refractivity contribution in [3.8, 4) is 6.07 Å². The zero-order chi connectivity index (χ0) is 21.2. The van der Waals surface area contributed by atoms with Crippen molar-refractivity contribution in [1.29, 1.82) is 5.26 Å². The lowest BCUT2D eigenvalue weighted by molar-refractivity contribution is -0.137. The number of hydrogen-bond acceptors (Lipinski definition) is 6. The summed E-state index contributed by atoms with van der Waals surface area (Å²) in [4.78, 5) is 2.60. The molecule has 0 radical (unpaired) electrons. The van der Waals surface area contributed by atoms with Crippen molar-refractivity contribution in [2.24, 2.45) is 4.36 Å². The number of sulfone groups is 1. The van der Waals surface area contributed by atoms with Crippen LogP contribution in [0.3, 0.4) is 0 Å². The molecule has 0 aliphatic carbocycles. The second-order valence-electron chi connectivity index (χ2n) is 5.35. The number of nitrogens with zero attached hydrogens (tertiary/aromatic N) is 3. The number of hydrogen-bond donors (Lipinski definition) is 0. The molecule has 2 aromatic rings. The van der Waals surface area contributed by atoms with Gasteiger partial charge in [0.25, 0.3) is 0 Å². The van der Waals surface area contributed by atoms with Gasteiger partial charge in [-0.3, -0.25) is 0 Å². The molecule has 1 unspecified atom stereocenters. The summed E-state index contributed by atoms with van der Waals surface area (Å²) in [6, 6.07) is 8.34. The first-order valence-corrected chi connectivity index (χ1v) is 11.0. The minimum atomic E-state index is -4.69. The standard InChI is InChI=1S/C16H11ClF3N3O3S2/c1-27(24,13-5-3-12(17)4-6-13)23-10-14(8-21)28(25,26)15-7-2-11(9-22-15)16(18,19)20/h2-7,9-10H,1H3/b14-10+. The molecular weight excluding hydrogens is 439 g/mol. The predicted molar refractivity (Wildman–Crippen MR) is 96.3 cm³/mol. The van der Waals surface area contributed by atoms with Gasteiger partial charge in [0.05, 0.1) is 21.5 Å². The Morgan fingerprint density at radius 3 is 2.25 bits per heavy atom. The Hall–Kier alpha value is -2.42. The molecule has 148 valence electrons. The third-order valence-corrected chi connectivity index (χ3v) is 6.84. The summed E-state index contributed by atoms with van der Waals surface area (Å²) < 4.78 is 78.9. The highest BCUT2D eigenvalue weighted by atomic mass is 35.5. The molecule has 0 amide bonds. The van der Waals surface area contributed by atoms with E-state index in [0.29, 0.717) is 29.6 Å². The van der Waals surface area contributed by atoms with Gasteiger partial charge in [-0.05, 0) is 36.4 Å². The Morgan fingerprint density at radius 2 is 1.79 bits per heavy atom. The van der Waals surface area contributed by atoms with Crippen molar-refractivity contribution in [2.45, 2.75) is 16.1 Å². The molecule has 28 heavy (non-hydrogen) atoms. The first-order valence-electron chi connectivity index (χ1n) is 7.23. The van der Waals surface area contributed by atoms with Gasteiger partial charge >= 0.3 is 6.18 Å². The van der Waals surface area contributed by atoms with E-state index < -0.39 is 41.2 Å². The number of nitriles is 1. The predicted octanol–water partition coefficient (Wildman–Crippen LogP) is 4.05. The minimum Gasteiger partial charge on any atom is -0.245 e. The van der Waals surface area contributed by atoms with Gasteiger partial charge in [-0.15, -0.1) is 0 Å². The van der Waals surface area contributed by atoms with Crippen molar-refractivity contribution in [1.82, 2.24) is 4.98 Å². The lowest BCUT2D eigenvalue weighted by Gasteiger charge is -2.07. The molecule has 6 nitrogen and oxygen atoms in total. The molecule has 0 N–H and O–H groups in total. The van der Waals surface area contributed by atoms with E-state index in [9.17, 15) is 25.8 Å². The smallest absolute Gasteiger partial charge is 0.245 e. The molecule has 1 atom stereocenters. The number of alkyl halides is 3. The second-order valence-corrected chi connectivity index (χ2v) is 9.94. The lowest BCUT2D eigenvalue weighted by atomic mass is 10.3. The highest BCUT2D eigenvalue weighted by Gasteiger charge is 2.32. The van der Waals surface area contributed by atoms with Gasteiger partial charge < -0.3 is 0 Å². The minimum absolute atomic E-state index is 0.246. The van der Waals surface area contributed by atoms with Crippen LogP contribution < -0.4 is 0 Å². The van der Waals surface area contributed by atoms with Crippen molar-refractivity contribution in [2.75, 3.05) is 6.26 Å². The molecule has 1 heterocycles. The molecule has 0 aliphatic heterocycles. The molecule has 1 aromatic carbocycles. The Kier molecular flexibility index (Phi) is 6.18. The normalized spacial score (nSPS) is 14.8. The molecule has 0 bridgehead atoms. The number of rotatable bonds is 4. The largest absolute Gasteiger partial charge is 0.417 e. The summed E-state index contributed by atoms with van der Waals surface area (Å²) in [5, 5.41) is 8.76. The summed E-state index contributed by atoms with van der Waals surface area (Å²) in [5.74, 6) is 0. The molecule has 1 aromatic heterocycles. The Balaban J connectivity index is 2.47. The first kappa shape index (κ1) is 21.9. The summed E-state index contributed by atoms with van der Waals surface area (Å²) in [5.41, 5.74) is -1.14. The summed E-state index contributed by atoms with van der Waals surface area (Å²) >= 11 is 5.74. The van der Waals surface area contributed by atoms with Crippen LogP contribution in [0.15, 0.2) is 68.0 Å². The van der Waals surface area contributed by atoms with Gasteiger partial charge in [0.1, 0.15) is 6.07 Å². The molecule has 0 aliphatic rings. The van der Waals surface area contributed by atoms with Crippen LogP contribution in [0.5, 0.6) is 0 Å². The van der Waals surface area contributed by atoms with Crippen LogP contribution in [-0.4, -0.2) is 23.9 Å². The van der Waals surface area contributed by atoms with Gasteiger partial charge in [-0.1, -0.05) is 11.6 Å². The van der Waals surface area contributed by atoms with E-state index in [2.05, 4.69) is 9.35 Å². The maximum absolute atomic E-state index is 12.6. The maximum Gasteiger partial charge on any atom is 0.417 e. The van der Waals surface area contributed by atoms with Crippen LogP contribution in [0.2, 0.25) is 5.02 Å². The van der Waals surface area contributed by atoms with Crippen molar-refractivity contribution >= 4 is 31.2 Å².